The molecule has 0 bridgehead atoms. The number of anilines is 1. The number of guanidine groups is 1. The van der Waals surface area contributed by atoms with Crippen LogP contribution in [0.5, 0.6) is 0 Å². The molecule has 0 aliphatic rings. The zero-order chi connectivity index (χ0) is 22.4. The van der Waals surface area contributed by atoms with Crippen LogP contribution in [0.1, 0.15) is 34.2 Å². The molecule has 0 radical (unpaired) electrons. The zero-order valence-electron chi connectivity index (χ0n) is 17.7. The highest BCUT2D eigenvalue weighted by Crippen LogP contribution is 2.16. The molecule has 0 aliphatic carbocycles. The van der Waals surface area contributed by atoms with Gasteiger partial charge in [-0.15, -0.1) is 0 Å². The van der Waals surface area contributed by atoms with Crippen LogP contribution in [-0.4, -0.2) is 28.2 Å². The highest BCUT2D eigenvalue weighted by atomic mass is 79.9. The normalized spacial score (nSPS) is 11.5. The summed E-state index contributed by atoms with van der Waals surface area (Å²) in [4.78, 5) is 17.2. The van der Waals surface area contributed by atoms with Crippen LogP contribution in [0.15, 0.2) is 58.0 Å². The first-order valence-corrected chi connectivity index (χ1v) is 10.8. The highest BCUT2D eigenvalue weighted by Gasteiger charge is 2.12. The van der Waals surface area contributed by atoms with E-state index in [9.17, 15) is 9.18 Å². The Morgan fingerprint density at radius 2 is 1.94 bits per heavy atom. The van der Waals surface area contributed by atoms with Crippen LogP contribution in [0.2, 0.25) is 0 Å². The fraction of sp³-hybridized carbons (Fsp3) is 0.261. The van der Waals surface area contributed by atoms with E-state index in [1.54, 1.807) is 0 Å². The zero-order valence-corrected chi connectivity index (χ0v) is 19.3. The summed E-state index contributed by atoms with van der Waals surface area (Å²) < 4.78 is 16.1. The Bertz CT molecular complexity index is 1090. The fourth-order valence-electron chi connectivity index (χ4n) is 3.28. The van der Waals surface area contributed by atoms with Crippen molar-refractivity contribution in [3.05, 3.63) is 81.3 Å². The van der Waals surface area contributed by atoms with Crippen LogP contribution in [-0.2, 0) is 13.0 Å². The van der Waals surface area contributed by atoms with E-state index in [0.29, 0.717) is 24.5 Å². The summed E-state index contributed by atoms with van der Waals surface area (Å²) >= 11 is 3.44. The largest absolute Gasteiger partial charge is 0.326 e. The van der Waals surface area contributed by atoms with Gasteiger partial charge in [0.2, 0.25) is 5.96 Å². The average Bonchev–Trinajstić information content (AvgIpc) is 3.01. The molecule has 0 saturated carbocycles. The first-order chi connectivity index (χ1) is 14.9. The van der Waals surface area contributed by atoms with E-state index < -0.39 is 5.82 Å². The van der Waals surface area contributed by atoms with Gasteiger partial charge in [-0.1, -0.05) is 22.0 Å². The van der Waals surface area contributed by atoms with Crippen molar-refractivity contribution in [3.8, 4) is 0 Å². The van der Waals surface area contributed by atoms with Gasteiger partial charge in [0.25, 0.3) is 5.91 Å². The molecule has 0 spiro atoms. The summed E-state index contributed by atoms with van der Waals surface area (Å²) in [6.07, 6.45) is 0.702. The van der Waals surface area contributed by atoms with Crippen LogP contribution in [0, 0.1) is 19.7 Å². The quantitative estimate of drug-likeness (QED) is 0.386. The minimum Gasteiger partial charge on any atom is -0.326 e. The lowest BCUT2D eigenvalue weighted by Gasteiger charge is -2.12. The number of amides is 1. The maximum absolute atomic E-state index is 13.2. The molecule has 0 aliphatic heterocycles. The number of carbonyl (C=O) groups is 1. The Balaban J connectivity index is 1.78. The van der Waals surface area contributed by atoms with Crippen molar-refractivity contribution in [2.75, 3.05) is 11.9 Å². The molecule has 0 atom stereocenters. The van der Waals surface area contributed by atoms with Crippen LogP contribution in [0.3, 0.4) is 0 Å². The molecule has 162 valence electrons. The number of hydrogen-bond donors (Lipinski definition) is 2. The molecule has 31 heavy (non-hydrogen) atoms. The minimum absolute atomic E-state index is 0.325. The monoisotopic (exact) mass is 485 g/mol. The van der Waals surface area contributed by atoms with Crippen LogP contribution >= 0.6 is 15.9 Å². The second-order valence-electron chi connectivity index (χ2n) is 7.04. The summed E-state index contributed by atoms with van der Waals surface area (Å²) in [5, 5.41) is 10.5. The van der Waals surface area contributed by atoms with Gasteiger partial charge in [-0.05, 0) is 75.2 Å². The predicted molar refractivity (Wildman–Crippen MR) is 125 cm³/mol. The third kappa shape index (κ3) is 6.01. The fourth-order valence-corrected chi connectivity index (χ4v) is 3.68. The van der Waals surface area contributed by atoms with Gasteiger partial charge in [0, 0.05) is 34.5 Å². The lowest BCUT2D eigenvalue weighted by molar-refractivity contribution is 0.0977. The molecule has 1 amide bonds. The molecule has 8 heteroatoms. The van der Waals surface area contributed by atoms with Crippen molar-refractivity contribution < 1.29 is 9.18 Å². The number of aryl methyl sites for hydroxylation is 2. The number of nitrogens with one attached hydrogen (secondary N) is 2. The van der Waals surface area contributed by atoms with Gasteiger partial charge in [-0.3, -0.25) is 19.8 Å². The third-order valence-electron chi connectivity index (χ3n) is 4.89. The van der Waals surface area contributed by atoms with E-state index in [1.165, 1.54) is 24.3 Å². The number of rotatable bonds is 6. The topological polar surface area (TPSA) is 71.3 Å². The molecule has 0 saturated heterocycles. The van der Waals surface area contributed by atoms with Crippen LogP contribution in [0.4, 0.5) is 10.1 Å². The summed E-state index contributed by atoms with van der Waals surface area (Å²) in [6, 6.07) is 13.0. The summed E-state index contributed by atoms with van der Waals surface area (Å²) in [6.45, 7) is 7.40. The summed E-state index contributed by atoms with van der Waals surface area (Å²) in [5.41, 5.74) is 4.41. The number of aliphatic imine (C=N–C) groups is 1. The molecule has 0 fully saturated rings. The number of hydrogen-bond acceptors (Lipinski definition) is 3. The Kier molecular flexibility index (Phi) is 7.57. The SMILES string of the molecule is CCn1nc(C)c(CCN=C(NC(=O)c2ccc(F)cc2)Nc2cccc(Br)c2)c1C. The maximum Gasteiger partial charge on any atom is 0.257 e. The van der Waals surface area contributed by atoms with Crippen LogP contribution < -0.4 is 10.6 Å². The number of carbonyl (C=O) groups excluding carboxylic acids is 1. The number of halogens is 2. The molecule has 1 aromatic heterocycles. The van der Waals surface area contributed by atoms with Gasteiger partial charge >= 0.3 is 0 Å². The lowest BCUT2D eigenvalue weighted by Crippen LogP contribution is -2.36. The molecular weight excluding hydrogens is 461 g/mol. The second kappa shape index (κ2) is 10.3. The molecule has 3 aromatic rings. The second-order valence-corrected chi connectivity index (χ2v) is 7.96. The first-order valence-electron chi connectivity index (χ1n) is 10.0. The Morgan fingerprint density at radius 1 is 1.19 bits per heavy atom. The molecular formula is C23H25BrFN5O. The molecule has 2 N–H and O–H groups in total. The van der Waals surface area contributed by atoms with Crippen molar-refractivity contribution in [2.24, 2.45) is 4.99 Å². The van der Waals surface area contributed by atoms with Gasteiger partial charge in [0.05, 0.1) is 5.69 Å². The summed E-state index contributed by atoms with van der Waals surface area (Å²) in [7, 11) is 0. The Morgan fingerprint density at radius 3 is 2.58 bits per heavy atom. The molecule has 1 heterocycles. The number of benzene rings is 2. The minimum atomic E-state index is -0.393. The molecule has 3 rings (SSSR count). The number of nitrogens with zero attached hydrogens (tertiary/aromatic N) is 3. The van der Waals surface area contributed by atoms with E-state index >= 15 is 0 Å². The number of aromatic nitrogens is 2. The van der Waals surface area contributed by atoms with Gasteiger partial charge in [-0.2, -0.15) is 5.10 Å². The molecule has 2 aromatic carbocycles. The van der Waals surface area contributed by atoms with E-state index in [-0.39, 0.29) is 5.91 Å². The standard InChI is InChI=1S/C23H25BrFN5O/c1-4-30-16(3)21(15(2)29-30)12-13-26-23(27-20-7-5-6-18(24)14-20)28-22(31)17-8-10-19(25)11-9-17/h5-11,14H,4,12-13H2,1-3H3,(H2,26,27,28,31). The summed E-state index contributed by atoms with van der Waals surface area (Å²) in [5.74, 6) is -0.436. The van der Waals surface area contributed by atoms with Crippen molar-refractivity contribution in [2.45, 2.75) is 33.7 Å². The van der Waals surface area contributed by atoms with Crippen molar-refractivity contribution in [1.29, 1.82) is 0 Å². The van der Waals surface area contributed by atoms with E-state index in [4.69, 9.17) is 0 Å². The highest BCUT2D eigenvalue weighted by molar-refractivity contribution is 9.10. The lowest BCUT2D eigenvalue weighted by atomic mass is 10.1. The van der Waals surface area contributed by atoms with Gasteiger partial charge in [0.1, 0.15) is 5.82 Å². The van der Waals surface area contributed by atoms with Crippen molar-refractivity contribution in [1.82, 2.24) is 15.1 Å². The predicted octanol–water partition coefficient (Wildman–Crippen LogP) is 4.86. The molecule has 6 nitrogen and oxygen atoms in total. The van der Waals surface area contributed by atoms with Crippen molar-refractivity contribution >= 4 is 33.5 Å². The average molecular weight is 486 g/mol. The van der Waals surface area contributed by atoms with Crippen molar-refractivity contribution in [3.63, 3.8) is 0 Å². The van der Waals surface area contributed by atoms with Gasteiger partial charge < -0.3 is 5.32 Å². The smallest absolute Gasteiger partial charge is 0.257 e. The Labute approximate surface area is 189 Å². The van der Waals surface area contributed by atoms with E-state index in [1.807, 2.05) is 35.9 Å². The van der Waals surface area contributed by atoms with Gasteiger partial charge in [0.15, 0.2) is 0 Å². The Hall–Kier alpha value is -3.00. The molecule has 0 unspecified atom stereocenters. The first kappa shape index (κ1) is 22.7. The van der Waals surface area contributed by atoms with E-state index in [0.717, 1.165) is 33.7 Å². The van der Waals surface area contributed by atoms with Crippen LogP contribution in [0.25, 0.3) is 0 Å². The maximum atomic E-state index is 13.2. The van der Waals surface area contributed by atoms with Gasteiger partial charge in [-0.25, -0.2) is 4.39 Å². The third-order valence-corrected chi connectivity index (χ3v) is 5.38. The van der Waals surface area contributed by atoms with E-state index in [2.05, 4.69) is 50.5 Å².